The van der Waals surface area contributed by atoms with E-state index in [2.05, 4.69) is 31.9 Å². The number of carbonyl (C=O) groups is 1. The lowest BCUT2D eigenvalue weighted by atomic mass is 9.98. The summed E-state index contributed by atoms with van der Waals surface area (Å²) in [5, 5.41) is 16.4. The molecule has 0 unspecified atom stereocenters. The Bertz CT molecular complexity index is 862. The maximum Gasteiger partial charge on any atom is 0.258 e. The third-order valence-corrected chi connectivity index (χ3v) is 6.08. The first-order valence-corrected chi connectivity index (χ1v) is 9.99. The summed E-state index contributed by atoms with van der Waals surface area (Å²) in [7, 11) is 0. The summed E-state index contributed by atoms with van der Waals surface area (Å²) in [6, 6.07) is 0.169. The Morgan fingerprint density at radius 1 is 1.15 bits per heavy atom. The average molecular weight is 370 g/mol. The van der Waals surface area contributed by atoms with Gasteiger partial charge in [0.15, 0.2) is 5.82 Å². The fraction of sp³-hybridized carbons (Fsp3) is 0.684. The normalized spacial score (nSPS) is 23.5. The van der Waals surface area contributed by atoms with Crippen molar-refractivity contribution in [1.82, 2.24) is 29.9 Å². The van der Waals surface area contributed by atoms with E-state index in [9.17, 15) is 4.79 Å². The Balaban J connectivity index is 1.41. The van der Waals surface area contributed by atoms with Crippen molar-refractivity contribution in [2.45, 2.75) is 64.0 Å². The Kier molecular flexibility index (Phi) is 4.03. The summed E-state index contributed by atoms with van der Waals surface area (Å²) in [6.45, 7) is 6.85. The largest absolute Gasteiger partial charge is 0.381 e. The fourth-order valence-corrected chi connectivity index (χ4v) is 4.48. The van der Waals surface area contributed by atoms with Crippen molar-refractivity contribution in [2.75, 3.05) is 19.8 Å². The van der Waals surface area contributed by atoms with Crippen LogP contribution in [0.5, 0.6) is 0 Å². The van der Waals surface area contributed by atoms with Gasteiger partial charge in [-0.1, -0.05) is 0 Å². The van der Waals surface area contributed by atoms with E-state index in [-0.39, 0.29) is 11.9 Å². The van der Waals surface area contributed by atoms with Gasteiger partial charge in [0.1, 0.15) is 5.82 Å². The molecule has 2 fully saturated rings. The highest BCUT2D eigenvalue weighted by atomic mass is 16.5. The molecule has 0 aromatic carbocycles. The third kappa shape index (κ3) is 2.86. The zero-order valence-corrected chi connectivity index (χ0v) is 15.9. The summed E-state index contributed by atoms with van der Waals surface area (Å²) < 4.78 is 7.74. The first-order valence-electron chi connectivity index (χ1n) is 9.99. The van der Waals surface area contributed by atoms with Crippen LogP contribution in [0, 0.1) is 6.92 Å². The van der Waals surface area contributed by atoms with Crippen LogP contribution >= 0.6 is 0 Å². The van der Waals surface area contributed by atoms with Crippen LogP contribution in [-0.2, 0) is 11.3 Å². The standard InChI is InChI=1S/C19H26N6O2/c1-11-9-24(19(26)16-12(2)20-22-17(16)13-3-4-13)10-15-21-23-18(25(11)15)14-5-7-27-8-6-14/h11,13-14H,3-10H2,1-2H3,(H,20,22)/t11-/m0/s1. The minimum Gasteiger partial charge on any atom is -0.381 e. The van der Waals surface area contributed by atoms with Crippen LogP contribution in [0.3, 0.4) is 0 Å². The van der Waals surface area contributed by atoms with Crippen molar-refractivity contribution >= 4 is 5.91 Å². The molecule has 1 saturated heterocycles. The molecule has 0 spiro atoms. The highest BCUT2D eigenvalue weighted by Gasteiger charge is 2.37. The number of H-pyrrole nitrogens is 1. The number of hydrogen-bond acceptors (Lipinski definition) is 5. The lowest BCUT2D eigenvalue weighted by molar-refractivity contribution is 0.0667. The molecule has 8 nitrogen and oxygen atoms in total. The fourth-order valence-electron chi connectivity index (χ4n) is 4.48. The topological polar surface area (TPSA) is 88.9 Å². The molecule has 1 atom stereocenters. The van der Waals surface area contributed by atoms with Gasteiger partial charge in [0, 0.05) is 37.3 Å². The molecule has 3 aliphatic rings. The molecule has 27 heavy (non-hydrogen) atoms. The minimum absolute atomic E-state index is 0.0665. The van der Waals surface area contributed by atoms with E-state index in [1.807, 2.05) is 11.8 Å². The lowest BCUT2D eigenvalue weighted by Crippen LogP contribution is -2.41. The van der Waals surface area contributed by atoms with Gasteiger partial charge in [0.25, 0.3) is 5.91 Å². The molecule has 8 heteroatoms. The van der Waals surface area contributed by atoms with Crippen molar-refractivity contribution in [3.8, 4) is 0 Å². The zero-order chi connectivity index (χ0) is 18.5. The second-order valence-electron chi connectivity index (χ2n) is 8.15. The molecule has 2 aliphatic heterocycles. The van der Waals surface area contributed by atoms with E-state index < -0.39 is 0 Å². The van der Waals surface area contributed by atoms with Gasteiger partial charge in [-0.25, -0.2) is 0 Å². The predicted octanol–water partition coefficient (Wildman–Crippen LogP) is 2.30. The summed E-state index contributed by atoms with van der Waals surface area (Å²) in [4.78, 5) is 15.2. The maximum absolute atomic E-state index is 13.3. The molecule has 2 aromatic heterocycles. The van der Waals surface area contributed by atoms with Gasteiger partial charge in [0.05, 0.1) is 23.8 Å². The highest BCUT2D eigenvalue weighted by molar-refractivity contribution is 5.96. The molecular formula is C19H26N6O2. The van der Waals surface area contributed by atoms with Crippen molar-refractivity contribution in [1.29, 1.82) is 0 Å². The second kappa shape index (κ2) is 6.44. The van der Waals surface area contributed by atoms with E-state index in [4.69, 9.17) is 4.74 Å². The van der Waals surface area contributed by atoms with E-state index in [0.29, 0.717) is 24.9 Å². The van der Waals surface area contributed by atoms with Crippen molar-refractivity contribution in [2.24, 2.45) is 0 Å². The van der Waals surface area contributed by atoms with E-state index in [0.717, 1.165) is 67.5 Å². The van der Waals surface area contributed by atoms with Crippen molar-refractivity contribution in [3.05, 3.63) is 28.6 Å². The number of hydrogen-bond donors (Lipinski definition) is 1. The molecule has 2 aromatic rings. The number of aromatic amines is 1. The van der Waals surface area contributed by atoms with Gasteiger partial charge in [-0.2, -0.15) is 5.10 Å². The van der Waals surface area contributed by atoms with Crippen molar-refractivity contribution in [3.63, 3.8) is 0 Å². The lowest BCUT2D eigenvalue weighted by Gasteiger charge is -2.34. The Hall–Kier alpha value is -2.22. The number of amides is 1. The predicted molar refractivity (Wildman–Crippen MR) is 97.6 cm³/mol. The first-order chi connectivity index (χ1) is 13.1. The van der Waals surface area contributed by atoms with Crippen molar-refractivity contribution < 1.29 is 9.53 Å². The number of nitrogens with one attached hydrogen (secondary N) is 1. The summed E-state index contributed by atoms with van der Waals surface area (Å²) >= 11 is 0. The van der Waals surface area contributed by atoms with Gasteiger partial charge in [-0.05, 0) is 39.5 Å². The number of ether oxygens (including phenoxy) is 1. The zero-order valence-electron chi connectivity index (χ0n) is 15.9. The highest BCUT2D eigenvalue weighted by Crippen LogP contribution is 2.41. The van der Waals surface area contributed by atoms with Crippen LogP contribution in [0.25, 0.3) is 0 Å². The summed E-state index contributed by atoms with van der Waals surface area (Å²) in [5.74, 6) is 2.86. The quantitative estimate of drug-likeness (QED) is 0.895. The second-order valence-corrected chi connectivity index (χ2v) is 8.15. The first kappa shape index (κ1) is 16.9. The summed E-state index contributed by atoms with van der Waals surface area (Å²) in [5.41, 5.74) is 2.58. The average Bonchev–Trinajstić information content (AvgIpc) is 3.31. The Morgan fingerprint density at radius 3 is 2.67 bits per heavy atom. The number of rotatable bonds is 3. The molecule has 5 rings (SSSR count). The minimum atomic E-state index is 0.0665. The number of fused-ring (bicyclic) bond motifs is 1. The molecule has 4 heterocycles. The third-order valence-electron chi connectivity index (χ3n) is 6.08. The molecule has 144 valence electrons. The van der Waals surface area contributed by atoms with Crippen LogP contribution in [0.1, 0.15) is 83.9 Å². The SMILES string of the molecule is Cc1[nH]nc(C2CC2)c1C(=O)N1Cc2nnc(C3CCOCC3)n2[C@@H](C)C1. The number of aryl methyl sites for hydroxylation is 1. The van der Waals surface area contributed by atoms with Gasteiger partial charge in [0.2, 0.25) is 0 Å². The smallest absolute Gasteiger partial charge is 0.258 e. The number of aromatic nitrogens is 5. The van der Waals surface area contributed by atoms with Gasteiger partial charge in [-0.3, -0.25) is 9.89 Å². The van der Waals surface area contributed by atoms with Gasteiger partial charge >= 0.3 is 0 Å². The van der Waals surface area contributed by atoms with E-state index >= 15 is 0 Å². The summed E-state index contributed by atoms with van der Waals surface area (Å²) in [6.07, 6.45) is 4.24. The molecule has 0 radical (unpaired) electrons. The van der Waals surface area contributed by atoms with E-state index in [1.54, 1.807) is 0 Å². The van der Waals surface area contributed by atoms with Crippen LogP contribution in [0.15, 0.2) is 0 Å². The molecule has 1 saturated carbocycles. The molecule has 0 bridgehead atoms. The van der Waals surface area contributed by atoms with Crippen LogP contribution < -0.4 is 0 Å². The van der Waals surface area contributed by atoms with Gasteiger partial charge < -0.3 is 14.2 Å². The maximum atomic E-state index is 13.3. The van der Waals surface area contributed by atoms with Crippen LogP contribution in [-0.4, -0.2) is 55.5 Å². The monoisotopic (exact) mass is 370 g/mol. The van der Waals surface area contributed by atoms with Crippen LogP contribution in [0.2, 0.25) is 0 Å². The molecule has 1 N–H and O–H groups in total. The van der Waals surface area contributed by atoms with E-state index in [1.165, 1.54) is 0 Å². The molecule has 1 aliphatic carbocycles. The van der Waals surface area contributed by atoms with Crippen LogP contribution in [0.4, 0.5) is 0 Å². The number of nitrogens with zero attached hydrogens (tertiary/aromatic N) is 5. The number of carbonyl (C=O) groups excluding carboxylic acids is 1. The molecule has 1 amide bonds. The molecular weight excluding hydrogens is 344 g/mol. The Morgan fingerprint density at radius 2 is 1.93 bits per heavy atom. The Labute approximate surface area is 158 Å². The van der Waals surface area contributed by atoms with Gasteiger partial charge in [-0.15, -0.1) is 10.2 Å².